The first-order valence-electron chi connectivity index (χ1n) is 9.59. The van der Waals surface area contributed by atoms with Crippen LogP contribution in [0.1, 0.15) is 40.0 Å². The molecule has 0 heterocycles. The van der Waals surface area contributed by atoms with Crippen molar-refractivity contribution in [2.75, 3.05) is 6.61 Å². The van der Waals surface area contributed by atoms with Gasteiger partial charge in [-0.25, -0.2) is 0 Å². The Morgan fingerprint density at radius 3 is 2.18 bits per heavy atom. The number of benzene rings is 2. The maximum Gasteiger partial charge on any atom is 0.310 e. The highest BCUT2D eigenvalue weighted by molar-refractivity contribution is 9.10. The average Bonchev–Trinajstić information content (AvgIpc) is 3.34. The highest BCUT2D eigenvalue weighted by Crippen LogP contribution is 2.53. The van der Waals surface area contributed by atoms with Crippen molar-refractivity contribution in [3.05, 3.63) is 70.2 Å². The molecule has 2 bridgehead atoms. The number of Topliss-reactive ketones (excluding diaryl/α,β-unsaturated/α-hetero) is 2. The molecule has 2 aromatic carbocycles. The molecule has 2 fully saturated rings. The van der Waals surface area contributed by atoms with Gasteiger partial charge in [-0.2, -0.15) is 0 Å². The van der Waals surface area contributed by atoms with Gasteiger partial charge >= 0.3 is 5.97 Å². The quantitative estimate of drug-likeness (QED) is 0.481. The summed E-state index contributed by atoms with van der Waals surface area (Å²) >= 11 is 3.33. The molecule has 28 heavy (non-hydrogen) atoms. The smallest absolute Gasteiger partial charge is 0.310 e. The predicted molar refractivity (Wildman–Crippen MR) is 108 cm³/mol. The molecule has 4 nitrogen and oxygen atoms in total. The first-order valence-corrected chi connectivity index (χ1v) is 10.4. The van der Waals surface area contributed by atoms with Gasteiger partial charge < -0.3 is 4.74 Å². The van der Waals surface area contributed by atoms with Gasteiger partial charge in [-0.3, -0.25) is 14.4 Å². The second kappa shape index (κ2) is 8.00. The molecular weight excluding hydrogens is 420 g/mol. The third-order valence-corrected chi connectivity index (χ3v) is 6.59. The summed E-state index contributed by atoms with van der Waals surface area (Å²) in [6.45, 7) is -0.291. The van der Waals surface area contributed by atoms with Gasteiger partial charge in [0.05, 0.1) is 5.92 Å². The van der Waals surface area contributed by atoms with Crippen molar-refractivity contribution in [1.29, 1.82) is 0 Å². The zero-order valence-corrected chi connectivity index (χ0v) is 16.9. The summed E-state index contributed by atoms with van der Waals surface area (Å²) in [4.78, 5) is 38.2. The summed E-state index contributed by atoms with van der Waals surface area (Å²) in [5, 5.41) is 0. The Morgan fingerprint density at radius 1 is 0.857 bits per heavy atom. The van der Waals surface area contributed by atoms with Crippen LogP contribution >= 0.6 is 15.9 Å². The summed E-state index contributed by atoms with van der Waals surface area (Å²) in [7, 11) is 0. The molecule has 0 aliphatic heterocycles. The lowest BCUT2D eigenvalue weighted by Crippen LogP contribution is -2.36. The van der Waals surface area contributed by atoms with Crippen LogP contribution < -0.4 is 0 Å². The molecule has 0 unspecified atom stereocenters. The molecular formula is C23H21BrO4. The summed E-state index contributed by atoms with van der Waals surface area (Å²) in [5.74, 6) is -0.994. The highest BCUT2D eigenvalue weighted by Gasteiger charge is 2.54. The minimum absolute atomic E-state index is 0.0222. The molecule has 2 aromatic rings. The molecule has 0 spiro atoms. The van der Waals surface area contributed by atoms with Gasteiger partial charge in [0.2, 0.25) is 0 Å². The lowest BCUT2D eigenvalue weighted by molar-refractivity contribution is -0.150. The molecule has 2 saturated carbocycles. The van der Waals surface area contributed by atoms with Crippen LogP contribution in [0.3, 0.4) is 0 Å². The number of hydrogen-bond acceptors (Lipinski definition) is 4. The van der Waals surface area contributed by atoms with E-state index in [0.717, 1.165) is 23.7 Å². The van der Waals surface area contributed by atoms with E-state index in [1.165, 1.54) is 0 Å². The number of rotatable bonds is 6. The van der Waals surface area contributed by atoms with Crippen LogP contribution in [0.4, 0.5) is 0 Å². The lowest BCUT2D eigenvalue weighted by atomic mass is 9.75. The number of esters is 1. The second-order valence-electron chi connectivity index (χ2n) is 7.65. The van der Waals surface area contributed by atoms with Crippen LogP contribution in [0.5, 0.6) is 0 Å². The van der Waals surface area contributed by atoms with Gasteiger partial charge in [0, 0.05) is 21.5 Å². The van der Waals surface area contributed by atoms with Gasteiger partial charge in [-0.15, -0.1) is 0 Å². The summed E-state index contributed by atoms with van der Waals surface area (Å²) in [6.07, 6.45) is 2.82. The molecule has 0 radical (unpaired) electrons. The minimum atomic E-state index is -0.441. The SMILES string of the molecule is O=C(COC(=O)[C@@H]1[C@H]2CC[C@@H](C2)[C@@H]1C(=O)c1ccccc1)c1ccc(Br)cc1. The molecule has 2 aliphatic carbocycles. The summed E-state index contributed by atoms with van der Waals surface area (Å²) in [5.41, 5.74) is 1.14. The summed E-state index contributed by atoms with van der Waals surface area (Å²) < 4.78 is 6.27. The van der Waals surface area contributed by atoms with E-state index in [9.17, 15) is 14.4 Å². The van der Waals surface area contributed by atoms with E-state index in [4.69, 9.17) is 4.74 Å². The fraction of sp³-hybridized carbons (Fsp3) is 0.348. The fourth-order valence-electron chi connectivity index (χ4n) is 4.75. The number of carbonyl (C=O) groups excluding carboxylic acids is 3. The van der Waals surface area contributed by atoms with E-state index in [1.807, 2.05) is 18.2 Å². The molecule has 4 atom stereocenters. The number of halogens is 1. The maximum absolute atomic E-state index is 13.1. The number of ketones is 2. The standard InChI is InChI=1S/C23H21BrO4/c24-18-10-8-14(9-11-18)19(25)13-28-23(27)21-17-7-6-16(12-17)20(21)22(26)15-4-2-1-3-5-15/h1-5,8-11,16-17,20-21H,6-7,12-13H2/t16-,17-,20-,21+/m0/s1. The van der Waals surface area contributed by atoms with E-state index in [2.05, 4.69) is 15.9 Å². The van der Waals surface area contributed by atoms with Crippen LogP contribution in [0.15, 0.2) is 59.1 Å². The molecule has 4 rings (SSSR count). The van der Waals surface area contributed by atoms with Crippen LogP contribution in [0, 0.1) is 23.7 Å². The van der Waals surface area contributed by atoms with Crippen molar-refractivity contribution < 1.29 is 19.1 Å². The third kappa shape index (κ3) is 3.68. The van der Waals surface area contributed by atoms with Crippen LogP contribution in [0.2, 0.25) is 0 Å². The van der Waals surface area contributed by atoms with E-state index in [1.54, 1.807) is 36.4 Å². The lowest BCUT2D eigenvalue weighted by Gasteiger charge is -2.28. The van der Waals surface area contributed by atoms with Crippen molar-refractivity contribution in [2.45, 2.75) is 19.3 Å². The Kier molecular flexibility index (Phi) is 5.44. The number of hydrogen-bond donors (Lipinski definition) is 0. The maximum atomic E-state index is 13.1. The van der Waals surface area contributed by atoms with Crippen LogP contribution in [-0.2, 0) is 9.53 Å². The Bertz CT molecular complexity index is 891. The first kappa shape index (κ1) is 19.1. The molecule has 0 aromatic heterocycles. The largest absolute Gasteiger partial charge is 0.457 e. The zero-order chi connectivity index (χ0) is 19.7. The molecule has 2 aliphatic rings. The molecule has 0 N–H and O–H groups in total. The monoisotopic (exact) mass is 440 g/mol. The van der Waals surface area contributed by atoms with Gasteiger partial charge in [0.25, 0.3) is 0 Å². The topological polar surface area (TPSA) is 60.4 Å². The van der Waals surface area contributed by atoms with E-state index < -0.39 is 11.9 Å². The Balaban J connectivity index is 1.45. The van der Waals surface area contributed by atoms with Gasteiger partial charge in [0.1, 0.15) is 0 Å². The molecule has 0 amide bonds. The van der Waals surface area contributed by atoms with E-state index in [-0.39, 0.29) is 35.9 Å². The number of carbonyl (C=O) groups is 3. The van der Waals surface area contributed by atoms with Gasteiger partial charge in [-0.05, 0) is 43.2 Å². The summed E-state index contributed by atoms with van der Waals surface area (Å²) in [6, 6.07) is 16.1. The first-order chi connectivity index (χ1) is 13.5. The fourth-order valence-corrected chi connectivity index (χ4v) is 5.02. The van der Waals surface area contributed by atoms with Crippen molar-refractivity contribution >= 4 is 33.5 Å². The average molecular weight is 441 g/mol. The Morgan fingerprint density at radius 2 is 1.50 bits per heavy atom. The number of fused-ring (bicyclic) bond motifs is 2. The van der Waals surface area contributed by atoms with Crippen molar-refractivity contribution in [3.8, 4) is 0 Å². The predicted octanol–water partition coefficient (Wildman–Crippen LogP) is 4.72. The van der Waals surface area contributed by atoms with Crippen LogP contribution in [-0.4, -0.2) is 24.1 Å². The second-order valence-corrected chi connectivity index (χ2v) is 8.57. The van der Waals surface area contributed by atoms with Crippen molar-refractivity contribution in [2.24, 2.45) is 23.7 Å². The highest BCUT2D eigenvalue weighted by atomic mass is 79.9. The normalized spacial score (nSPS) is 25.5. The number of ether oxygens (including phenoxy) is 1. The van der Waals surface area contributed by atoms with Crippen molar-refractivity contribution in [3.63, 3.8) is 0 Å². The Labute approximate surface area is 172 Å². The van der Waals surface area contributed by atoms with Crippen LogP contribution in [0.25, 0.3) is 0 Å². The molecule has 0 saturated heterocycles. The van der Waals surface area contributed by atoms with Crippen molar-refractivity contribution in [1.82, 2.24) is 0 Å². The zero-order valence-electron chi connectivity index (χ0n) is 15.3. The van der Waals surface area contributed by atoms with Gasteiger partial charge in [0.15, 0.2) is 18.2 Å². The Hall–Kier alpha value is -2.27. The molecule has 144 valence electrons. The van der Waals surface area contributed by atoms with E-state index >= 15 is 0 Å². The van der Waals surface area contributed by atoms with E-state index in [0.29, 0.717) is 11.1 Å². The molecule has 5 heteroatoms. The third-order valence-electron chi connectivity index (χ3n) is 6.06. The van der Waals surface area contributed by atoms with Gasteiger partial charge in [-0.1, -0.05) is 58.4 Å². The minimum Gasteiger partial charge on any atom is -0.457 e.